The van der Waals surface area contributed by atoms with Gasteiger partial charge in [0, 0.05) is 6.54 Å². The van der Waals surface area contributed by atoms with E-state index in [1.54, 1.807) is 7.05 Å². The second-order valence-corrected chi connectivity index (χ2v) is 4.63. The summed E-state index contributed by atoms with van der Waals surface area (Å²) in [5, 5.41) is 10.8. The van der Waals surface area contributed by atoms with Crippen LogP contribution < -0.4 is 5.32 Å². The molecule has 0 aliphatic heterocycles. The van der Waals surface area contributed by atoms with Gasteiger partial charge >= 0.3 is 37.9 Å². The van der Waals surface area contributed by atoms with Crippen LogP contribution in [0.1, 0.15) is 0 Å². The van der Waals surface area contributed by atoms with E-state index in [4.69, 9.17) is 22.1 Å². The maximum absolute atomic E-state index is 8.00. The van der Waals surface area contributed by atoms with E-state index in [1.807, 2.05) is 0 Å². The van der Waals surface area contributed by atoms with Gasteiger partial charge in [0.15, 0.2) is 0 Å². The molecule has 0 fully saturated rings. The van der Waals surface area contributed by atoms with E-state index in [9.17, 15) is 0 Å². The summed E-state index contributed by atoms with van der Waals surface area (Å²) in [5.41, 5.74) is 0. The van der Waals surface area contributed by atoms with E-state index in [0.717, 1.165) is 0 Å². The fourth-order valence-electron chi connectivity index (χ4n) is 0.112. The van der Waals surface area contributed by atoms with Crippen LogP contribution in [0.3, 0.4) is 0 Å². The summed E-state index contributed by atoms with van der Waals surface area (Å²) in [6.07, 6.45) is 0. The van der Waals surface area contributed by atoms with E-state index in [2.05, 4.69) is 5.32 Å². The molecule has 0 aromatic heterocycles. The van der Waals surface area contributed by atoms with Crippen LogP contribution in [-0.4, -0.2) is 25.3 Å². The molecule has 0 aromatic rings. The third kappa shape index (κ3) is 26.3. The van der Waals surface area contributed by atoms with Crippen LogP contribution in [0.25, 0.3) is 0 Å². The van der Waals surface area contributed by atoms with Gasteiger partial charge in [0.05, 0.1) is 6.61 Å². The van der Waals surface area contributed by atoms with Gasteiger partial charge in [-0.15, -0.1) is 0 Å². The van der Waals surface area contributed by atoms with Gasteiger partial charge in [0.25, 0.3) is 0 Å². The number of hydrogen-bond acceptors (Lipinski definition) is 2. The molecule has 50 valence electrons. The van der Waals surface area contributed by atoms with Crippen LogP contribution in [0, 0.1) is 0 Å². The average molecular weight is 237 g/mol. The molecule has 0 rings (SSSR count). The summed E-state index contributed by atoms with van der Waals surface area (Å²) in [4.78, 5) is 0. The normalized spacial score (nSPS) is 7.00. The Balaban J connectivity index is 0. The van der Waals surface area contributed by atoms with Crippen molar-refractivity contribution in [1.29, 1.82) is 0 Å². The number of hydrogen-bond donors (Lipinski definition) is 2. The van der Waals surface area contributed by atoms with Crippen LogP contribution in [0.5, 0.6) is 0 Å². The first kappa shape index (κ1) is 12.1. The first-order valence-electron chi connectivity index (χ1n) is 2.05. The van der Waals surface area contributed by atoms with Gasteiger partial charge in [-0.25, -0.2) is 0 Å². The number of aliphatic hydroxyl groups is 1. The maximum atomic E-state index is 8.00. The molecule has 0 bridgehead atoms. The van der Waals surface area contributed by atoms with Gasteiger partial charge < -0.3 is 10.4 Å². The van der Waals surface area contributed by atoms with E-state index in [-0.39, 0.29) is 6.61 Å². The summed E-state index contributed by atoms with van der Waals surface area (Å²) in [5.74, 6) is 0. The molecule has 0 unspecified atom stereocenters. The second kappa shape index (κ2) is 15.8. The number of aliphatic hydroxyl groups excluding tert-OH is 1. The van der Waals surface area contributed by atoms with Crippen LogP contribution in [-0.2, 0) is 20.8 Å². The molecule has 5 heteroatoms. The predicted octanol–water partition coefficient (Wildman–Crippen LogP) is 0.575. The third-order valence-electron chi connectivity index (χ3n) is 0.362. The first-order chi connectivity index (χ1) is 3.83. The number of likely N-dealkylation sites (N-methyl/N-ethyl adjacent to an activating group) is 1. The second-order valence-electron chi connectivity index (χ2n) is 0.899. The Morgan fingerprint density at radius 2 is 2.00 bits per heavy atom. The molecule has 0 heterocycles. The van der Waals surface area contributed by atoms with Gasteiger partial charge in [0.2, 0.25) is 0 Å². The van der Waals surface area contributed by atoms with Crippen LogP contribution in [0.4, 0.5) is 0 Å². The zero-order valence-corrected chi connectivity index (χ0v) is 8.59. The molecule has 0 aliphatic carbocycles. The number of rotatable bonds is 2. The Morgan fingerprint density at radius 1 is 1.62 bits per heavy atom. The van der Waals surface area contributed by atoms with Crippen molar-refractivity contribution in [1.82, 2.24) is 5.32 Å². The molecule has 2 N–H and O–H groups in total. The minimum atomic E-state index is -0.826. The van der Waals surface area contributed by atoms with E-state index in [1.165, 1.54) is 0 Å². The van der Waals surface area contributed by atoms with Crippen molar-refractivity contribution in [3.05, 3.63) is 0 Å². The quantitative estimate of drug-likeness (QED) is 0.736. The van der Waals surface area contributed by atoms with Crippen molar-refractivity contribution >= 4 is 17.0 Å². The van der Waals surface area contributed by atoms with Gasteiger partial charge in [-0.1, -0.05) is 0 Å². The van der Waals surface area contributed by atoms with Crippen LogP contribution >= 0.6 is 17.0 Å². The van der Waals surface area contributed by atoms with E-state index >= 15 is 0 Å². The summed E-state index contributed by atoms with van der Waals surface area (Å²) < 4.78 is 0. The molecule has 0 radical (unpaired) electrons. The zero-order valence-electron chi connectivity index (χ0n) is 4.62. The summed E-state index contributed by atoms with van der Waals surface area (Å²) in [6, 6.07) is 0. The molecule has 0 saturated heterocycles. The molecule has 2 nitrogen and oxygen atoms in total. The monoisotopic (exact) mass is 235 g/mol. The van der Waals surface area contributed by atoms with E-state index in [0.29, 0.717) is 6.54 Å². The first-order valence-corrected chi connectivity index (χ1v) is 8.38. The Morgan fingerprint density at radius 3 is 2.00 bits per heavy atom. The number of halogens is 2. The Labute approximate surface area is 68.2 Å². The predicted molar refractivity (Wildman–Crippen MR) is 32.7 cm³/mol. The average Bonchev–Trinajstić information content (AvgIpc) is 1.71. The minimum absolute atomic E-state index is 0.233. The van der Waals surface area contributed by atoms with Crippen LogP contribution in [0.15, 0.2) is 0 Å². The molecule has 0 saturated carbocycles. The van der Waals surface area contributed by atoms with E-state index < -0.39 is 20.8 Å². The molecule has 0 spiro atoms. The van der Waals surface area contributed by atoms with Crippen molar-refractivity contribution in [2.75, 3.05) is 20.2 Å². The molecule has 0 aliphatic rings. The van der Waals surface area contributed by atoms with Crippen molar-refractivity contribution in [3.8, 4) is 0 Å². The summed E-state index contributed by atoms with van der Waals surface area (Å²) >= 11 is -0.826. The Hall–Kier alpha value is 1.38. The fraction of sp³-hybridized carbons (Fsp3) is 1.00. The molecule has 8 heavy (non-hydrogen) atoms. The van der Waals surface area contributed by atoms with Gasteiger partial charge in [-0.05, 0) is 7.05 Å². The van der Waals surface area contributed by atoms with Gasteiger partial charge in [-0.3, -0.25) is 0 Å². The van der Waals surface area contributed by atoms with Crippen molar-refractivity contribution in [2.24, 2.45) is 0 Å². The molecule has 0 amide bonds. The van der Waals surface area contributed by atoms with Crippen molar-refractivity contribution < 1.29 is 26.0 Å². The van der Waals surface area contributed by atoms with Gasteiger partial charge in [0.1, 0.15) is 0 Å². The summed E-state index contributed by atoms with van der Waals surface area (Å²) in [7, 11) is 11.7. The Bertz CT molecular complexity index is 31.2. The van der Waals surface area contributed by atoms with Gasteiger partial charge in [-0.2, -0.15) is 0 Å². The van der Waals surface area contributed by atoms with Crippen LogP contribution in [0.2, 0.25) is 0 Å². The standard InChI is InChI=1S/C3H9NO.2ClH.Zr/c1-4-2-3-5;;;/h4-5H,2-3H2,1H3;2*1H;/q;;;+2/p-2. The Kier molecular flexibility index (Phi) is 23.8. The van der Waals surface area contributed by atoms with Crippen molar-refractivity contribution in [3.63, 3.8) is 0 Å². The third-order valence-corrected chi connectivity index (χ3v) is 0.362. The zero-order chi connectivity index (χ0) is 6.83. The topological polar surface area (TPSA) is 32.3 Å². The molecular formula is C3H9Cl2NOZr. The summed E-state index contributed by atoms with van der Waals surface area (Å²) in [6.45, 7) is 0.927. The molecular weight excluding hydrogens is 228 g/mol. The fourth-order valence-corrected chi connectivity index (χ4v) is 0.112. The molecule has 0 atom stereocenters. The molecule has 0 aromatic carbocycles. The number of nitrogens with one attached hydrogen (secondary N) is 1. The van der Waals surface area contributed by atoms with Crippen molar-refractivity contribution in [2.45, 2.75) is 0 Å². The SMILES string of the molecule is CNCCO.[Cl][Zr][Cl].